The summed E-state index contributed by atoms with van der Waals surface area (Å²) in [5.74, 6) is -0.646. The van der Waals surface area contributed by atoms with Crippen LogP contribution in [0.1, 0.15) is 46.8 Å². The van der Waals surface area contributed by atoms with E-state index in [1.165, 1.54) is 12.1 Å². The molecular formula is C23H22ClF3N4O. The number of amides is 1. The number of hydrogen-bond donors (Lipinski definition) is 3. The van der Waals surface area contributed by atoms with E-state index in [0.29, 0.717) is 0 Å². The first kappa shape index (κ1) is 22.4. The second-order valence-electron chi connectivity index (χ2n) is 7.78. The molecule has 1 aliphatic heterocycles. The lowest BCUT2D eigenvalue weighted by Crippen LogP contribution is -2.46. The molecule has 2 aromatic carbocycles. The second kappa shape index (κ2) is 9.34. The van der Waals surface area contributed by atoms with Crippen LogP contribution in [-0.2, 0) is 6.18 Å². The SMILES string of the molecule is O=C(NC(c1cccc(-c2cn[nH]c2)c1)[C@@H]1CCCCN1)c1cccc(C(F)(F)F)c1Cl. The van der Waals surface area contributed by atoms with E-state index in [2.05, 4.69) is 20.8 Å². The van der Waals surface area contributed by atoms with Gasteiger partial charge in [-0.3, -0.25) is 9.89 Å². The first-order chi connectivity index (χ1) is 15.3. The van der Waals surface area contributed by atoms with Gasteiger partial charge in [0.05, 0.1) is 28.4 Å². The molecule has 0 radical (unpaired) electrons. The highest BCUT2D eigenvalue weighted by atomic mass is 35.5. The molecule has 1 unspecified atom stereocenters. The third-order valence-electron chi connectivity index (χ3n) is 5.66. The molecule has 1 fully saturated rings. The third kappa shape index (κ3) is 4.81. The minimum Gasteiger partial charge on any atom is -0.344 e. The zero-order valence-corrected chi connectivity index (χ0v) is 17.8. The number of nitrogens with zero attached hydrogens (tertiary/aromatic N) is 1. The highest BCUT2D eigenvalue weighted by Gasteiger charge is 2.35. The fourth-order valence-electron chi connectivity index (χ4n) is 4.05. The molecule has 9 heteroatoms. The Labute approximate surface area is 188 Å². The molecule has 168 valence electrons. The van der Waals surface area contributed by atoms with Gasteiger partial charge in [0.2, 0.25) is 0 Å². The van der Waals surface area contributed by atoms with E-state index in [-0.39, 0.29) is 11.6 Å². The van der Waals surface area contributed by atoms with Gasteiger partial charge in [0.1, 0.15) is 0 Å². The van der Waals surface area contributed by atoms with Gasteiger partial charge >= 0.3 is 6.18 Å². The van der Waals surface area contributed by atoms with Crippen LogP contribution in [-0.4, -0.2) is 28.7 Å². The van der Waals surface area contributed by atoms with Crippen molar-refractivity contribution in [3.63, 3.8) is 0 Å². The van der Waals surface area contributed by atoms with Gasteiger partial charge in [-0.25, -0.2) is 0 Å². The Hall–Kier alpha value is -2.84. The fraction of sp³-hybridized carbons (Fsp3) is 0.304. The van der Waals surface area contributed by atoms with Gasteiger partial charge in [0.15, 0.2) is 0 Å². The Morgan fingerprint density at radius 3 is 2.66 bits per heavy atom. The molecule has 0 bridgehead atoms. The topological polar surface area (TPSA) is 69.8 Å². The molecule has 0 saturated carbocycles. The maximum absolute atomic E-state index is 13.3. The highest BCUT2D eigenvalue weighted by molar-refractivity contribution is 6.34. The van der Waals surface area contributed by atoms with Crippen LogP contribution in [0.4, 0.5) is 13.2 Å². The number of H-pyrrole nitrogens is 1. The van der Waals surface area contributed by atoms with Crippen LogP contribution >= 0.6 is 11.6 Å². The first-order valence-corrected chi connectivity index (χ1v) is 10.7. The first-order valence-electron chi connectivity index (χ1n) is 10.3. The van der Waals surface area contributed by atoms with E-state index in [0.717, 1.165) is 48.6 Å². The van der Waals surface area contributed by atoms with Crippen LogP contribution in [0.15, 0.2) is 54.9 Å². The molecule has 32 heavy (non-hydrogen) atoms. The smallest absolute Gasteiger partial charge is 0.344 e. The number of carbonyl (C=O) groups excluding carboxylic acids is 1. The minimum atomic E-state index is -4.64. The number of aromatic nitrogens is 2. The number of benzene rings is 2. The van der Waals surface area contributed by atoms with Crippen LogP contribution < -0.4 is 10.6 Å². The number of hydrogen-bond acceptors (Lipinski definition) is 3. The van der Waals surface area contributed by atoms with Crippen molar-refractivity contribution in [1.29, 1.82) is 0 Å². The van der Waals surface area contributed by atoms with E-state index >= 15 is 0 Å². The van der Waals surface area contributed by atoms with Gasteiger partial charge in [0, 0.05) is 17.8 Å². The number of rotatable bonds is 5. The number of piperidine rings is 1. The molecule has 3 N–H and O–H groups in total. The minimum absolute atomic E-state index is 0.0584. The molecule has 0 spiro atoms. The summed E-state index contributed by atoms with van der Waals surface area (Å²) in [5.41, 5.74) is 1.44. The van der Waals surface area contributed by atoms with Crippen LogP contribution in [0.2, 0.25) is 5.02 Å². The summed E-state index contributed by atoms with van der Waals surface area (Å²) in [5, 5.41) is 12.5. The summed E-state index contributed by atoms with van der Waals surface area (Å²) < 4.78 is 39.8. The number of alkyl halides is 3. The quantitative estimate of drug-likeness (QED) is 0.478. The summed E-state index contributed by atoms with van der Waals surface area (Å²) in [6, 6.07) is 10.5. The summed E-state index contributed by atoms with van der Waals surface area (Å²) >= 11 is 5.99. The molecule has 1 amide bonds. The van der Waals surface area contributed by atoms with Crippen LogP contribution in [0, 0.1) is 0 Å². The van der Waals surface area contributed by atoms with Crippen molar-refractivity contribution in [3.8, 4) is 11.1 Å². The van der Waals surface area contributed by atoms with Crippen molar-refractivity contribution in [2.45, 2.75) is 37.5 Å². The van der Waals surface area contributed by atoms with Gasteiger partial charge < -0.3 is 10.6 Å². The molecule has 4 rings (SSSR count). The summed E-state index contributed by atoms with van der Waals surface area (Å²) in [4.78, 5) is 13.1. The largest absolute Gasteiger partial charge is 0.417 e. The van der Waals surface area contributed by atoms with Crippen molar-refractivity contribution in [3.05, 3.63) is 76.6 Å². The zero-order valence-electron chi connectivity index (χ0n) is 17.0. The number of halogens is 4. The molecule has 5 nitrogen and oxygen atoms in total. The monoisotopic (exact) mass is 462 g/mol. The Balaban J connectivity index is 1.67. The fourth-order valence-corrected chi connectivity index (χ4v) is 4.36. The van der Waals surface area contributed by atoms with Gasteiger partial charge in [-0.05, 0) is 48.7 Å². The van der Waals surface area contributed by atoms with Gasteiger partial charge in [-0.2, -0.15) is 18.3 Å². The van der Waals surface area contributed by atoms with Crippen molar-refractivity contribution < 1.29 is 18.0 Å². The van der Waals surface area contributed by atoms with Gasteiger partial charge in [0.25, 0.3) is 5.91 Å². The zero-order chi connectivity index (χ0) is 22.7. The molecule has 1 aromatic heterocycles. The summed E-state index contributed by atoms with van der Waals surface area (Å²) in [6.45, 7) is 0.808. The second-order valence-corrected chi connectivity index (χ2v) is 8.16. The average molecular weight is 463 g/mol. The molecule has 1 saturated heterocycles. The molecule has 2 atom stereocenters. The van der Waals surface area contributed by atoms with E-state index in [4.69, 9.17) is 11.6 Å². The van der Waals surface area contributed by atoms with E-state index in [9.17, 15) is 18.0 Å². The van der Waals surface area contributed by atoms with Crippen molar-refractivity contribution >= 4 is 17.5 Å². The van der Waals surface area contributed by atoms with Crippen molar-refractivity contribution in [2.24, 2.45) is 0 Å². The molecule has 3 aromatic rings. The van der Waals surface area contributed by atoms with Gasteiger partial charge in [-0.1, -0.05) is 42.3 Å². The number of carbonyl (C=O) groups is 1. The Morgan fingerprint density at radius 1 is 1.16 bits per heavy atom. The van der Waals surface area contributed by atoms with Crippen LogP contribution in [0.3, 0.4) is 0 Å². The maximum Gasteiger partial charge on any atom is 0.417 e. The average Bonchev–Trinajstić information content (AvgIpc) is 3.32. The predicted octanol–water partition coefficient (Wildman–Crippen LogP) is 5.36. The van der Waals surface area contributed by atoms with Crippen LogP contribution in [0.5, 0.6) is 0 Å². The Bertz CT molecular complexity index is 1080. The predicted molar refractivity (Wildman–Crippen MR) is 116 cm³/mol. The van der Waals surface area contributed by atoms with Gasteiger partial charge in [-0.15, -0.1) is 0 Å². The highest BCUT2D eigenvalue weighted by Crippen LogP contribution is 2.36. The van der Waals surface area contributed by atoms with E-state index < -0.39 is 28.7 Å². The Kier molecular flexibility index (Phi) is 6.53. The van der Waals surface area contributed by atoms with Crippen molar-refractivity contribution in [1.82, 2.24) is 20.8 Å². The Morgan fingerprint density at radius 2 is 1.97 bits per heavy atom. The lowest BCUT2D eigenvalue weighted by molar-refractivity contribution is -0.137. The molecule has 0 aliphatic carbocycles. The third-order valence-corrected chi connectivity index (χ3v) is 6.07. The maximum atomic E-state index is 13.3. The summed E-state index contributed by atoms with van der Waals surface area (Å²) in [6.07, 6.45) is 1.69. The molecular weight excluding hydrogens is 441 g/mol. The lowest BCUT2D eigenvalue weighted by atomic mass is 9.91. The normalized spacial score (nSPS) is 17.7. The van der Waals surface area contributed by atoms with Crippen LogP contribution in [0.25, 0.3) is 11.1 Å². The number of aromatic amines is 1. The lowest BCUT2D eigenvalue weighted by Gasteiger charge is -2.32. The van der Waals surface area contributed by atoms with Crippen molar-refractivity contribution in [2.75, 3.05) is 6.54 Å². The standard InChI is InChI=1S/C23H22ClF3N4O/c24-20-17(7-4-8-18(20)23(25,26)27)22(32)31-21(19-9-1-2-10-28-19)15-6-3-5-14(11-15)16-12-29-30-13-16/h3-8,11-13,19,21,28H,1-2,9-10H2,(H,29,30)(H,31,32)/t19-,21?/m0/s1. The van der Waals surface area contributed by atoms with E-state index in [1.807, 2.05) is 24.3 Å². The summed E-state index contributed by atoms with van der Waals surface area (Å²) in [7, 11) is 0. The molecule has 2 heterocycles. The van der Waals surface area contributed by atoms with E-state index in [1.54, 1.807) is 12.4 Å². The number of nitrogens with one attached hydrogen (secondary N) is 3. The molecule has 1 aliphatic rings.